The summed E-state index contributed by atoms with van der Waals surface area (Å²) in [4.78, 5) is 10.6. The Kier molecular flexibility index (Phi) is 4.25. The van der Waals surface area contributed by atoms with Crippen molar-refractivity contribution in [2.45, 2.75) is 39.9 Å². The Labute approximate surface area is 132 Å². The Balaban J connectivity index is 1.80. The molecule has 0 spiro atoms. The molecule has 22 heavy (non-hydrogen) atoms. The number of hydrogen-bond acceptors (Lipinski definition) is 2. The summed E-state index contributed by atoms with van der Waals surface area (Å²) in [5.74, 6) is 1.03. The second kappa shape index (κ2) is 6.32. The molecular weight excluding hydrogens is 270 g/mol. The number of aromatic amines is 1. The molecule has 2 aromatic carbocycles. The van der Waals surface area contributed by atoms with E-state index in [-0.39, 0.29) is 0 Å². The highest BCUT2D eigenvalue weighted by Gasteiger charge is 2.13. The minimum absolute atomic E-state index is 0.468. The second-order valence-electron chi connectivity index (χ2n) is 6.19. The molecule has 0 radical (unpaired) electrons. The van der Waals surface area contributed by atoms with Gasteiger partial charge >= 0.3 is 0 Å². The molecule has 0 amide bonds. The number of rotatable bonds is 5. The van der Waals surface area contributed by atoms with Crippen LogP contribution in [0.1, 0.15) is 30.8 Å². The molecule has 0 saturated heterocycles. The first-order chi connectivity index (χ1) is 10.6. The van der Waals surface area contributed by atoms with Crippen molar-refractivity contribution in [3.8, 4) is 0 Å². The van der Waals surface area contributed by atoms with Crippen LogP contribution < -0.4 is 0 Å². The maximum absolute atomic E-state index is 4.72. The van der Waals surface area contributed by atoms with Gasteiger partial charge in [0.15, 0.2) is 0 Å². The Morgan fingerprint density at radius 1 is 1.05 bits per heavy atom. The molecule has 3 aromatic rings. The van der Waals surface area contributed by atoms with Crippen LogP contribution in [0.15, 0.2) is 48.5 Å². The molecule has 0 saturated carbocycles. The lowest BCUT2D eigenvalue weighted by atomic mass is 10.2. The molecule has 0 bridgehead atoms. The van der Waals surface area contributed by atoms with Crippen molar-refractivity contribution in [2.24, 2.45) is 0 Å². The fourth-order valence-electron chi connectivity index (χ4n) is 2.68. The summed E-state index contributed by atoms with van der Waals surface area (Å²) >= 11 is 0. The van der Waals surface area contributed by atoms with E-state index in [9.17, 15) is 0 Å². The standard InChI is InChI=1S/C19H23N3/c1-14(2)22(12-16-7-5-4-6-8-16)13-19-20-17-10-9-15(3)11-18(17)21-19/h4-11,14H,12-13H2,1-3H3,(H,20,21). The van der Waals surface area contributed by atoms with Crippen LogP contribution in [0, 0.1) is 6.92 Å². The SMILES string of the molecule is Cc1ccc2nc(CN(Cc3ccccc3)C(C)C)[nH]c2c1. The van der Waals surface area contributed by atoms with Crippen molar-refractivity contribution in [3.05, 3.63) is 65.5 Å². The zero-order chi connectivity index (χ0) is 15.5. The smallest absolute Gasteiger partial charge is 0.121 e. The molecule has 114 valence electrons. The van der Waals surface area contributed by atoms with Gasteiger partial charge in [0, 0.05) is 12.6 Å². The number of fused-ring (bicyclic) bond motifs is 1. The first-order valence-corrected chi connectivity index (χ1v) is 7.85. The quantitative estimate of drug-likeness (QED) is 0.761. The van der Waals surface area contributed by atoms with E-state index in [1.807, 2.05) is 0 Å². The van der Waals surface area contributed by atoms with Crippen LogP contribution in [-0.4, -0.2) is 20.9 Å². The predicted octanol–water partition coefficient (Wildman–Crippen LogP) is 4.28. The molecule has 1 aromatic heterocycles. The van der Waals surface area contributed by atoms with Gasteiger partial charge in [0.25, 0.3) is 0 Å². The highest BCUT2D eigenvalue weighted by molar-refractivity contribution is 5.75. The fourth-order valence-corrected chi connectivity index (χ4v) is 2.68. The van der Waals surface area contributed by atoms with Crippen LogP contribution in [0.5, 0.6) is 0 Å². The van der Waals surface area contributed by atoms with E-state index < -0.39 is 0 Å². The van der Waals surface area contributed by atoms with Crippen molar-refractivity contribution < 1.29 is 0 Å². The van der Waals surface area contributed by atoms with E-state index in [1.165, 1.54) is 11.1 Å². The van der Waals surface area contributed by atoms with E-state index in [1.54, 1.807) is 0 Å². The molecule has 0 atom stereocenters. The van der Waals surface area contributed by atoms with Crippen LogP contribution >= 0.6 is 0 Å². The highest BCUT2D eigenvalue weighted by Crippen LogP contribution is 2.16. The molecule has 3 rings (SSSR count). The summed E-state index contributed by atoms with van der Waals surface area (Å²) in [5, 5.41) is 0. The van der Waals surface area contributed by atoms with Gasteiger partial charge in [-0.25, -0.2) is 4.98 Å². The van der Waals surface area contributed by atoms with Gasteiger partial charge in [-0.05, 0) is 44.0 Å². The van der Waals surface area contributed by atoms with E-state index in [2.05, 4.69) is 79.2 Å². The van der Waals surface area contributed by atoms with Crippen LogP contribution in [0.3, 0.4) is 0 Å². The third kappa shape index (κ3) is 3.37. The Morgan fingerprint density at radius 3 is 2.55 bits per heavy atom. The lowest BCUT2D eigenvalue weighted by Gasteiger charge is -2.25. The lowest BCUT2D eigenvalue weighted by Crippen LogP contribution is -2.30. The molecule has 0 aliphatic rings. The van der Waals surface area contributed by atoms with Crippen molar-refractivity contribution in [3.63, 3.8) is 0 Å². The fraction of sp³-hybridized carbons (Fsp3) is 0.316. The van der Waals surface area contributed by atoms with E-state index in [0.29, 0.717) is 6.04 Å². The molecular formula is C19H23N3. The normalized spacial score (nSPS) is 11.7. The molecule has 3 nitrogen and oxygen atoms in total. The van der Waals surface area contributed by atoms with Gasteiger partial charge in [-0.2, -0.15) is 0 Å². The topological polar surface area (TPSA) is 31.9 Å². The maximum Gasteiger partial charge on any atom is 0.121 e. The molecule has 1 N–H and O–H groups in total. The average Bonchev–Trinajstić information content (AvgIpc) is 2.89. The third-order valence-electron chi connectivity index (χ3n) is 4.00. The first-order valence-electron chi connectivity index (χ1n) is 7.85. The zero-order valence-corrected chi connectivity index (χ0v) is 13.5. The summed E-state index contributed by atoms with van der Waals surface area (Å²) in [7, 11) is 0. The highest BCUT2D eigenvalue weighted by atomic mass is 15.2. The molecule has 3 heteroatoms. The van der Waals surface area contributed by atoms with Gasteiger partial charge in [0.05, 0.1) is 17.6 Å². The van der Waals surface area contributed by atoms with Crippen LogP contribution in [0.25, 0.3) is 11.0 Å². The number of benzene rings is 2. The van der Waals surface area contributed by atoms with Crippen molar-refractivity contribution in [1.29, 1.82) is 0 Å². The number of aromatic nitrogens is 2. The van der Waals surface area contributed by atoms with Gasteiger partial charge in [-0.3, -0.25) is 4.90 Å². The molecule has 1 heterocycles. The van der Waals surface area contributed by atoms with E-state index in [0.717, 1.165) is 29.9 Å². The summed E-state index contributed by atoms with van der Waals surface area (Å²) in [5.41, 5.74) is 4.76. The number of nitrogens with one attached hydrogen (secondary N) is 1. The van der Waals surface area contributed by atoms with Crippen molar-refractivity contribution in [1.82, 2.24) is 14.9 Å². The van der Waals surface area contributed by atoms with E-state index in [4.69, 9.17) is 4.98 Å². The Morgan fingerprint density at radius 2 is 1.82 bits per heavy atom. The molecule has 0 fully saturated rings. The van der Waals surface area contributed by atoms with Gasteiger partial charge < -0.3 is 4.98 Å². The summed E-state index contributed by atoms with van der Waals surface area (Å²) in [6, 6.07) is 17.4. The summed E-state index contributed by atoms with van der Waals surface area (Å²) in [6.45, 7) is 8.34. The number of imidazole rings is 1. The second-order valence-corrected chi connectivity index (χ2v) is 6.19. The van der Waals surface area contributed by atoms with Gasteiger partial charge in [-0.15, -0.1) is 0 Å². The predicted molar refractivity (Wildman–Crippen MR) is 91.7 cm³/mol. The largest absolute Gasteiger partial charge is 0.341 e. The van der Waals surface area contributed by atoms with Gasteiger partial charge in [-0.1, -0.05) is 36.4 Å². The van der Waals surface area contributed by atoms with Crippen LogP contribution in [-0.2, 0) is 13.1 Å². The summed E-state index contributed by atoms with van der Waals surface area (Å²) in [6.07, 6.45) is 0. The van der Waals surface area contributed by atoms with Crippen molar-refractivity contribution >= 4 is 11.0 Å². The van der Waals surface area contributed by atoms with Gasteiger partial charge in [0.2, 0.25) is 0 Å². The number of nitrogens with zero attached hydrogens (tertiary/aromatic N) is 2. The molecule has 0 aliphatic heterocycles. The molecule has 0 aliphatic carbocycles. The number of H-pyrrole nitrogens is 1. The van der Waals surface area contributed by atoms with Crippen LogP contribution in [0.2, 0.25) is 0 Å². The molecule has 0 unspecified atom stereocenters. The zero-order valence-electron chi connectivity index (χ0n) is 13.5. The average molecular weight is 293 g/mol. The Hall–Kier alpha value is -2.13. The van der Waals surface area contributed by atoms with Crippen LogP contribution in [0.4, 0.5) is 0 Å². The number of hydrogen-bond donors (Lipinski definition) is 1. The minimum atomic E-state index is 0.468. The first kappa shape index (κ1) is 14.8. The van der Waals surface area contributed by atoms with Gasteiger partial charge in [0.1, 0.15) is 5.82 Å². The maximum atomic E-state index is 4.72. The summed E-state index contributed by atoms with van der Waals surface area (Å²) < 4.78 is 0. The third-order valence-corrected chi connectivity index (χ3v) is 4.00. The lowest BCUT2D eigenvalue weighted by molar-refractivity contribution is 0.199. The monoisotopic (exact) mass is 293 g/mol. The van der Waals surface area contributed by atoms with Crippen molar-refractivity contribution in [2.75, 3.05) is 0 Å². The minimum Gasteiger partial charge on any atom is -0.341 e. The number of aryl methyl sites for hydroxylation is 1. The van der Waals surface area contributed by atoms with E-state index >= 15 is 0 Å². The Bertz CT molecular complexity index is 744.